The second-order valence-electron chi connectivity index (χ2n) is 5.71. The molecule has 0 radical (unpaired) electrons. The van der Waals surface area contributed by atoms with Gasteiger partial charge in [0.1, 0.15) is 0 Å². The van der Waals surface area contributed by atoms with E-state index >= 15 is 0 Å². The molecular formula is C14H24N2O3S2. The summed E-state index contributed by atoms with van der Waals surface area (Å²) < 4.78 is 0. The summed E-state index contributed by atoms with van der Waals surface area (Å²) in [5, 5.41) is 15.3. The fraction of sp³-hybridized carbons (Fsp3) is 0.857. The van der Waals surface area contributed by atoms with E-state index in [-0.39, 0.29) is 11.9 Å². The Balaban J connectivity index is 1.55. The summed E-state index contributed by atoms with van der Waals surface area (Å²) in [6.45, 7) is 1.39. The van der Waals surface area contributed by atoms with Gasteiger partial charge < -0.3 is 15.7 Å². The van der Waals surface area contributed by atoms with Crippen molar-refractivity contribution < 1.29 is 14.7 Å². The van der Waals surface area contributed by atoms with Crippen LogP contribution in [0, 0.1) is 11.8 Å². The predicted octanol–water partition coefficient (Wildman–Crippen LogP) is 2.03. The maximum Gasteiger partial charge on any atom is 0.314 e. The van der Waals surface area contributed by atoms with Crippen LogP contribution >= 0.6 is 23.5 Å². The third kappa shape index (κ3) is 5.98. The lowest BCUT2D eigenvalue weighted by Crippen LogP contribution is -2.42. The normalized spacial score (nSPS) is 29.6. The molecule has 1 saturated heterocycles. The predicted molar refractivity (Wildman–Crippen MR) is 88.1 cm³/mol. The van der Waals surface area contributed by atoms with Crippen molar-refractivity contribution in [2.75, 3.05) is 30.3 Å². The first kappa shape index (κ1) is 16.8. The Hall–Kier alpha value is -0.560. The molecule has 0 aromatic rings. The molecule has 0 aromatic heterocycles. The van der Waals surface area contributed by atoms with Crippen LogP contribution in [0.5, 0.6) is 0 Å². The van der Waals surface area contributed by atoms with Crippen LogP contribution in [0.4, 0.5) is 4.79 Å². The largest absolute Gasteiger partial charge is 0.481 e. The SMILES string of the molecule is O=C(NCC1CCC(C(=O)O)CC1)NCC1CSCCS1. The third-order valence-corrected chi connectivity index (χ3v) is 6.97. The topological polar surface area (TPSA) is 78.4 Å². The van der Waals surface area contributed by atoms with E-state index in [0.717, 1.165) is 38.0 Å². The van der Waals surface area contributed by atoms with Gasteiger partial charge in [-0.3, -0.25) is 4.79 Å². The van der Waals surface area contributed by atoms with Crippen LogP contribution in [-0.2, 0) is 4.79 Å². The summed E-state index contributed by atoms with van der Waals surface area (Å²) in [7, 11) is 0. The number of amides is 2. The van der Waals surface area contributed by atoms with Crippen molar-refractivity contribution in [1.29, 1.82) is 0 Å². The molecule has 1 atom stereocenters. The molecule has 1 heterocycles. The first-order valence-corrected chi connectivity index (χ1v) is 9.79. The minimum absolute atomic E-state index is 0.0912. The van der Waals surface area contributed by atoms with Gasteiger partial charge in [-0.1, -0.05) is 0 Å². The second kappa shape index (κ2) is 8.78. The number of hydrogen-bond donors (Lipinski definition) is 3. The highest BCUT2D eigenvalue weighted by Crippen LogP contribution is 2.28. The fourth-order valence-corrected chi connectivity index (χ4v) is 5.39. The molecule has 1 saturated carbocycles. The molecule has 21 heavy (non-hydrogen) atoms. The summed E-state index contributed by atoms with van der Waals surface area (Å²) in [5.41, 5.74) is 0. The number of thioether (sulfide) groups is 2. The van der Waals surface area contributed by atoms with Gasteiger partial charge in [-0.15, -0.1) is 0 Å². The first-order chi connectivity index (χ1) is 10.1. The quantitative estimate of drug-likeness (QED) is 0.718. The molecule has 2 amide bonds. The van der Waals surface area contributed by atoms with Crippen molar-refractivity contribution >= 4 is 35.5 Å². The number of nitrogens with one attached hydrogen (secondary N) is 2. The average Bonchev–Trinajstić information content (AvgIpc) is 2.52. The van der Waals surface area contributed by atoms with Crippen LogP contribution < -0.4 is 10.6 Å². The Morgan fingerprint density at radius 3 is 2.38 bits per heavy atom. The lowest BCUT2D eigenvalue weighted by Gasteiger charge is -2.26. The summed E-state index contributed by atoms with van der Waals surface area (Å²) in [6.07, 6.45) is 3.26. The summed E-state index contributed by atoms with van der Waals surface area (Å²) in [5.74, 6) is 3.06. The molecular weight excluding hydrogens is 308 g/mol. The highest BCUT2D eigenvalue weighted by molar-refractivity contribution is 8.06. The lowest BCUT2D eigenvalue weighted by atomic mass is 9.82. The highest BCUT2D eigenvalue weighted by Gasteiger charge is 2.26. The molecule has 1 unspecified atom stereocenters. The van der Waals surface area contributed by atoms with Crippen LogP contribution in [0.25, 0.3) is 0 Å². The molecule has 5 nitrogen and oxygen atoms in total. The Labute approximate surface area is 134 Å². The van der Waals surface area contributed by atoms with Gasteiger partial charge >= 0.3 is 12.0 Å². The Bertz CT molecular complexity index is 354. The third-order valence-electron chi connectivity index (χ3n) is 4.12. The second-order valence-corrected chi connectivity index (χ2v) is 8.27. The van der Waals surface area contributed by atoms with E-state index < -0.39 is 5.97 Å². The van der Waals surface area contributed by atoms with Crippen molar-refractivity contribution in [1.82, 2.24) is 10.6 Å². The Kier molecular flexibility index (Phi) is 7.03. The molecule has 0 aromatic carbocycles. The van der Waals surface area contributed by atoms with Crippen LogP contribution in [-0.4, -0.2) is 52.7 Å². The standard InChI is InChI=1S/C14H24N2O3S2/c17-13(18)11-3-1-10(2-4-11)7-15-14(19)16-8-12-9-20-5-6-21-12/h10-12H,1-9H2,(H,17,18)(H2,15,16,19). The van der Waals surface area contributed by atoms with Crippen LogP contribution in [0.2, 0.25) is 0 Å². The Morgan fingerprint density at radius 2 is 1.76 bits per heavy atom. The van der Waals surface area contributed by atoms with Gasteiger partial charge in [0.2, 0.25) is 0 Å². The Morgan fingerprint density at radius 1 is 1.05 bits per heavy atom. The maximum atomic E-state index is 11.8. The maximum absolute atomic E-state index is 11.8. The van der Waals surface area contributed by atoms with Gasteiger partial charge in [0.05, 0.1) is 5.92 Å². The van der Waals surface area contributed by atoms with E-state index in [1.54, 1.807) is 0 Å². The molecule has 2 aliphatic rings. The van der Waals surface area contributed by atoms with Crippen molar-refractivity contribution in [2.24, 2.45) is 11.8 Å². The molecule has 2 fully saturated rings. The van der Waals surface area contributed by atoms with Gasteiger partial charge in [0.25, 0.3) is 0 Å². The van der Waals surface area contributed by atoms with Crippen molar-refractivity contribution in [3.05, 3.63) is 0 Å². The highest BCUT2D eigenvalue weighted by atomic mass is 32.2. The van der Waals surface area contributed by atoms with Gasteiger partial charge in [-0.25, -0.2) is 4.79 Å². The van der Waals surface area contributed by atoms with Gasteiger partial charge in [-0.05, 0) is 31.6 Å². The summed E-state index contributed by atoms with van der Waals surface area (Å²) in [6, 6.07) is -0.0912. The molecule has 120 valence electrons. The molecule has 0 bridgehead atoms. The number of carbonyl (C=O) groups is 2. The monoisotopic (exact) mass is 332 g/mol. The first-order valence-electron chi connectivity index (χ1n) is 7.59. The van der Waals surface area contributed by atoms with E-state index in [4.69, 9.17) is 5.11 Å². The molecule has 2 rings (SSSR count). The average molecular weight is 332 g/mol. The van der Waals surface area contributed by atoms with Crippen molar-refractivity contribution in [3.63, 3.8) is 0 Å². The van der Waals surface area contributed by atoms with Gasteiger partial charge in [0, 0.05) is 35.6 Å². The van der Waals surface area contributed by atoms with Gasteiger partial charge in [0.15, 0.2) is 0 Å². The molecule has 3 N–H and O–H groups in total. The van der Waals surface area contributed by atoms with Crippen molar-refractivity contribution in [3.8, 4) is 0 Å². The number of hydrogen-bond acceptors (Lipinski definition) is 4. The smallest absolute Gasteiger partial charge is 0.314 e. The van der Waals surface area contributed by atoms with Gasteiger partial charge in [-0.2, -0.15) is 23.5 Å². The van der Waals surface area contributed by atoms with E-state index in [1.807, 2.05) is 23.5 Å². The zero-order valence-corrected chi connectivity index (χ0v) is 13.8. The molecule has 1 aliphatic carbocycles. The van der Waals surface area contributed by atoms with E-state index in [1.165, 1.54) is 11.5 Å². The van der Waals surface area contributed by atoms with Crippen LogP contribution in [0.1, 0.15) is 25.7 Å². The number of carbonyl (C=O) groups excluding carboxylic acids is 1. The zero-order chi connectivity index (χ0) is 15.1. The summed E-state index contributed by atoms with van der Waals surface area (Å²) in [4.78, 5) is 22.6. The van der Waals surface area contributed by atoms with Crippen LogP contribution in [0.15, 0.2) is 0 Å². The molecule has 1 aliphatic heterocycles. The van der Waals surface area contributed by atoms with Crippen LogP contribution in [0.3, 0.4) is 0 Å². The zero-order valence-electron chi connectivity index (χ0n) is 12.2. The van der Waals surface area contributed by atoms with E-state index in [2.05, 4.69) is 10.6 Å². The number of carboxylic acids is 1. The minimum Gasteiger partial charge on any atom is -0.481 e. The van der Waals surface area contributed by atoms with Crippen molar-refractivity contribution in [2.45, 2.75) is 30.9 Å². The number of rotatable bonds is 5. The lowest BCUT2D eigenvalue weighted by molar-refractivity contribution is -0.143. The number of carboxylic acid groups (broad SMARTS) is 1. The number of urea groups is 1. The van der Waals surface area contributed by atoms with E-state index in [9.17, 15) is 9.59 Å². The minimum atomic E-state index is -0.679. The summed E-state index contributed by atoms with van der Waals surface area (Å²) >= 11 is 3.89. The molecule has 0 spiro atoms. The molecule has 7 heteroatoms. The number of aliphatic carboxylic acids is 1. The fourth-order valence-electron chi connectivity index (χ4n) is 2.77. The van der Waals surface area contributed by atoms with E-state index in [0.29, 0.717) is 17.7 Å².